The molecule has 2 N–H and O–H groups in total. The molecule has 1 saturated heterocycles. The molecule has 3 aromatic rings. The topological polar surface area (TPSA) is 83.6 Å². The van der Waals surface area contributed by atoms with Crippen LogP contribution in [0.25, 0.3) is 0 Å². The molecule has 0 saturated carbocycles. The van der Waals surface area contributed by atoms with Crippen LogP contribution >= 0.6 is 0 Å². The maximum Gasteiger partial charge on any atom is 0.239 e. The van der Waals surface area contributed by atoms with Crippen LogP contribution in [0.2, 0.25) is 0 Å². The van der Waals surface area contributed by atoms with Crippen LogP contribution in [0, 0.1) is 5.92 Å². The molecule has 1 fully saturated rings. The Bertz CT molecular complexity index is 1340. The van der Waals surface area contributed by atoms with Crippen LogP contribution in [-0.2, 0) is 27.8 Å². The summed E-state index contributed by atoms with van der Waals surface area (Å²) in [5, 5.41) is 6.02. The van der Waals surface area contributed by atoms with Crippen molar-refractivity contribution in [3.63, 3.8) is 0 Å². The standard InChI is InChI=1S/C32H38N4O3/c1-32(2,3)25-7-6-8-26(19-25)34-31(38)23-10-9-22-11-12-27(18-24(22)17-23)39-28-13-14-33-29(20-28)35-30(37)21-36-15-4-5-16-36/h6-8,11-14,18-20,23H,4-5,9-10,15-17,21H2,1-3H3,(H,34,38)(H,33,35,37). The van der Waals surface area contributed by atoms with Gasteiger partial charge in [0.1, 0.15) is 17.3 Å². The summed E-state index contributed by atoms with van der Waals surface area (Å²) in [4.78, 5) is 32.0. The second kappa shape index (κ2) is 11.6. The predicted molar refractivity (Wildman–Crippen MR) is 154 cm³/mol. The number of likely N-dealkylation sites (tertiary alicyclic amines) is 1. The number of nitrogens with zero attached hydrogens (tertiary/aromatic N) is 2. The number of carbonyl (C=O) groups is 2. The number of pyridine rings is 1. The lowest BCUT2D eigenvalue weighted by Crippen LogP contribution is -2.31. The third-order valence-electron chi connectivity index (χ3n) is 7.57. The molecule has 2 aliphatic rings. The number of nitrogens with one attached hydrogen (secondary N) is 2. The molecule has 7 nitrogen and oxygen atoms in total. The van der Waals surface area contributed by atoms with Gasteiger partial charge in [-0.05, 0) is 97.6 Å². The highest BCUT2D eigenvalue weighted by atomic mass is 16.5. The number of hydrogen-bond acceptors (Lipinski definition) is 5. The molecule has 1 aliphatic carbocycles. The van der Waals surface area contributed by atoms with Crippen LogP contribution in [0.1, 0.15) is 56.7 Å². The number of amides is 2. The fourth-order valence-electron chi connectivity index (χ4n) is 5.33. The fourth-order valence-corrected chi connectivity index (χ4v) is 5.33. The van der Waals surface area contributed by atoms with E-state index in [1.54, 1.807) is 18.3 Å². The van der Waals surface area contributed by atoms with E-state index in [-0.39, 0.29) is 23.1 Å². The molecule has 1 aromatic heterocycles. The van der Waals surface area contributed by atoms with Crippen molar-refractivity contribution in [2.24, 2.45) is 5.92 Å². The highest BCUT2D eigenvalue weighted by molar-refractivity contribution is 5.93. The molecule has 2 heterocycles. The largest absolute Gasteiger partial charge is 0.457 e. The maximum absolute atomic E-state index is 13.2. The van der Waals surface area contributed by atoms with E-state index in [9.17, 15) is 9.59 Å². The number of carbonyl (C=O) groups excluding carboxylic acids is 2. The first-order chi connectivity index (χ1) is 18.7. The first-order valence-corrected chi connectivity index (χ1v) is 13.9. The van der Waals surface area contributed by atoms with Crippen LogP contribution in [0.3, 0.4) is 0 Å². The van der Waals surface area contributed by atoms with Gasteiger partial charge in [-0.15, -0.1) is 0 Å². The summed E-state index contributed by atoms with van der Waals surface area (Å²) in [6.45, 7) is 8.83. The second-order valence-corrected chi connectivity index (χ2v) is 11.7. The van der Waals surface area contributed by atoms with E-state index < -0.39 is 0 Å². The van der Waals surface area contributed by atoms with E-state index in [1.165, 1.54) is 11.1 Å². The Morgan fingerprint density at radius 3 is 2.56 bits per heavy atom. The van der Waals surface area contributed by atoms with Crippen LogP contribution in [0.4, 0.5) is 11.5 Å². The minimum Gasteiger partial charge on any atom is -0.457 e. The summed E-state index contributed by atoms with van der Waals surface area (Å²) in [5.74, 6) is 1.68. The monoisotopic (exact) mass is 526 g/mol. The summed E-state index contributed by atoms with van der Waals surface area (Å²) >= 11 is 0. The van der Waals surface area contributed by atoms with Gasteiger partial charge in [-0.25, -0.2) is 4.98 Å². The molecule has 7 heteroatoms. The summed E-state index contributed by atoms with van der Waals surface area (Å²) < 4.78 is 6.13. The number of aromatic nitrogens is 1. The second-order valence-electron chi connectivity index (χ2n) is 11.7. The Balaban J connectivity index is 1.21. The molecule has 1 aliphatic heterocycles. The van der Waals surface area contributed by atoms with Gasteiger partial charge in [-0.2, -0.15) is 0 Å². The fraction of sp³-hybridized carbons (Fsp3) is 0.406. The van der Waals surface area contributed by atoms with Crippen molar-refractivity contribution >= 4 is 23.3 Å². The summed E-state index contributed by atoms with van der Waals surface area (Å²) in [6.07, 6.45) is 6.28. The van der Waals surface area contributed by atoms with Crippen LogP contribution < -0.4 is 15.4 Å². The number of fused-ring (bicyclic) bond motifs is 1. The van der Waals surface area contributed by atoms with Crippen molar-refractivity contribution < 1.29 is 14.3 Å². The third kappa shape index (κ3) is 7.03. The zero-order valence-corrected chi connectivity index (χ0v) is 23.1. The molecule has 2 amide bonds. The van der Waals surface area contributed by atoms with Gasteiger partial charge < -0.3 is 15.4 Å². The average Bonchev–Trinajstić information content (AvgIpc) is 3.41. The summed E-state index contributed by atoms with van der Waals surface area (Å²) in [5.41, 5.74) is 4.45. The molecule has 2 aromatic carbocycles. The highest BCUT2D eigenvalue weighted by Gasteiger charge is 2.26. The summed E-state index contributed by atoms with van der Waals surface area (Å²) in [6, 6.07) is 17.7. The van der Waals surface area contributed by atoms with Gasteiger partial charge in [0.2, 0.25) is 11.8 Å². The lowest BCUT2D eigenvalue weighted by molar-refractivity contribution is -0.120. The van der Waals surface area contributed by atoms with Crippen LogP contribution in [0.15, 0.2) is 60.8 Å². The van der Waals surface area contributed by atoms with Gasteiger partial charge in [0, 0.05) is 23.9 Å². The molecule has 1 unspecified atom stereocenters. The number of ether oxygens (including phenoxy) is 1. The maximum atomic E-state index is 13.2. The van der Waals surface area contributed by atoms with Crippen molar-refractivity contribution in [1.29, 1.82) is 0 Å². The van der Waals surface area contributed by atoms with Gasteiger partial charge in [0.05, 0.1) is 6.54 Å². The highest BCUT2D eigenvalue weighted by Crippen LogP contribution is 2.32. The first-order valence-electron chi connectivity index (χ1n) is 13.9. The van der Waals surface area contributed by atoms with Crippen molar-refractivity contribution in [2.75, 3.05) is 30.3 Å². The minimum absolute atomic E-state index is 0.0235. The van der Waals surface area contributed by atoms with Crippen LogP contribution in [-0.4, -0.2) is 41.3 Å². The van der Waals surface area contributed by atoms with Gasteiger partial charge >= 0.3 is 0 Å². The van der Waals surface area contributed by atoms with E-state index >= 15 is 0 Å². The molecular weight excluding hydrogens is 488 g/mol. The average molecular weight is 527 g/mol. The zero-order valence-electron chi connectivity index (χ0n) is 23.1. The van der Waals surface area contributed by atoms with Gasteiger partial charge in [-0.1, -0.05) is 39.0 Å². The smallest absolute Gasteiger partial charge is 0.239 e. The number of rotatable bonds is 7. The van der Waals surface area contributed by atoms with Crippen molar-refractivity contribution in [3.8, 4) is 11.5 Å². The molecule has 0 spiro atoms. The van der Waals surface area contributed by atoms with Crippen molar-refractivity contribution in [1.82, 2.24) is 9.88 Å². The lowest BCUT2D eigenvalue weighted by atomic mass is 9.83. The Hall–Kier alpha value is -3.71. The number of benzene rings is 2. The van der Waals surface area contributed by atoms with E-state index in [2.05, 4.69) is 59.5 Å². The van der Waals surface area contributed by atoms with E-state index in [0.29, 0.717) is 30.3 Å². The molecule has 39 heavy (non-hydrogen) atoms. The quantitative estimate of drug-likeness (QED) is 0.398. The molecule has 1 atom stereocenters. The number of aryl methyl sites for hydroxylation is 1. The lowest BCUT2D eigenvalue weighted by Gasteiger charge is -2.25. The van der Waals surface area contributed by atoms with Gasteiger partial charge in [0.25, 0.3) is 0 Å². The van der Waals surface area contributed by atoms with E-state index in [1.807, 2.05) is 24.3 Å². The van der Waals surface area contributed by atoms with E-state index in [0.717, 1.165) is 50.0 Å². The normalized spacial score (nSPS) is 17.4. The van der Waals surface area contributed by atoms with Crippen molar-refractivity contribution in [3.05, 3.63) is 77.5 Å². The van der Waals surface area contributed by atoms with Crippen LogP contribution in [0.5, 0.6) is 11.5 Å². The minimum atomic E-state index is -0.0932. The summed E-state index contributed by atoms with van der Waals surface area (Å²) in [7, 11) is 0. The number of anilines is 2. The Morgan fingerprint density at radius 2 is 1.77 bits per heavy atom. The molecule has 5 rings (SSSR count). The van der Waals surface area contributed by atoms with Gasteiger partial charge in [0.15, 0.2) is 0 Å². The number of hydrogen-bond donors (Lipinski definition) is 2. The first kappa shape index (κ1) is 26.9. The van der Waals surface area contributed by atoms with Crippen molar-refractivity contribution in [2.45, 2.75) is 58.3 Å². The predicted octanol–water partition coefficient (Wildman–Crippen LogP) is 5.95. The Kier molecular flexibility index (Phi) is 7.98. The Morgan fingerprint density at radius 1 is 0.974 bits per heavy atom. The Labute approximate surface area is 231 Å². The van der Waals surface area contributed by atoms with Gasteiger partial charge in [-0.3, -0.25) is 14.5 Å². The third-order valence-corrected chi connectivity index (χ3v) is 7.57. The molecule has 0 radical (unpaired) electrons. The van der Waals surface area contributed by atoms with E-state index in [4.69, 9.17) is 4.74 Å². The molecule has 204 valence electrons. The SMILES string of the molecule is CC(C)(C)c1cccc(NC(=O)C2CCc3ccc(Oc4ccnc(NC(=O)CN5CCCC5)c4)cc3C2)c1. The molecule has 0 bridgehead atoms. The molecular formula is C32H38N4O3. The zero-order chi connectivity index (χ0) is 27.4.